The molecular formula is C23H16N6O6. The molecule has 0 aliphatic rings. The maximum Gasteiger partial charge on any atom is 0.301 e. The number of hydrogen-bond donors (Lipinski definition) is 1. The molecule has 0 aliphatic carbocycles. The highest BCUT2D eigenvalue weighted by Gasteiger charge is 2.21. The number of nitrogens with zero attached hydrogens (tertiary/aromatic N) is 5. The van der Waals surface area contributed by atoms with Crippen LogP contribution in [0.4, 0.5) is 22.7 Å². The highest BCUT2D eigenvalue weighted by molar-refractivity contribution is 6.11. The molecule has 0 bridgehead atoms. The molecule has 174 valence electrons. The van der Waals surface area contributed by atoms with Gasteiger partial charge in [0.1, 0.15) is 11.2 Å². The molecule has 1 aromatic heterocycles. The zero-order chi connectivity index (χ0) is 25.1. The van der Waals surface area contributed by atoms with Crippen LogP contribution in [0.1, 0.15) is 12.5 Å². The Labute approximate surface area is 197 Å². The monoisotopic (exact) mass is 472 g/mol. The van der Waals surface area contributed by atoms with Crippen molar-refractivity contribution in [3.05, 3.63) is 109 Å². The number of anilines is 1. The van der Waals surface area contributed by atoms with Crippen LogP contribution >= 0.6 is 0 Å². The van der Waals surface area contributed by atoms with Gasteiger partial charge in [0.2, 0.25) is 0 Å². The average Bonchev–Trinajstić information content (AvgIpc) is 2.86. The highest BCUT2D eigenvalue weighted by Crippen LogP contribution is 2.32. The third-order valence-electron chi connectivity index (χ3n) is 5.21. The van der Waals surface area contributed by atoms with E-state index in [0.717, 1.165) is 17.7 Å². The summed E-state index contributed by atoms with van der Waals surface area (Å²) in [5, 5.41) is 38.7. The Kier molecular flexibility index (Phi) is 6.10. The van der Waals surface area contributed by atoms with Crippen molar-refractivity contribution in [2.24, 2.45) is 5.10 Å². The van der Waals surface area contributed by atoms with E-state index < -0.39 is 26.1 Å². The van der Waals surface area contributed by atoms with Crippen molar-refractivity contribution < 1.29 is 14.8 Å². The van der Waals surface area contributed by atoms with Crippen LogP contribution in [0, 0.1) is 30.3 Å². The number of nitro groups is 3. The third kappa shape index (κ3) is 4.61. The number of fused-ring (bicyclic) bond motifs is 1. The smallest absolute Gasteiger partial charge is 0.271 e. The number of non-ortho nitro benzene ring substituents is 2. The minimum Gasteiger partial charge on any atom is -0.271 e. The molecule has 1 N–H and O–H groups in total. The molecule has 4 rings (SSSR count). The summed E-state index contributed by atoms with van der Waals surface area (Å²) in [6.07, 6.45) is 0. The van der Waals surface area contributed by atoms with E-state index in [9.17, 15) is 30.3 Å². The fourth-order valence-corrected chi connectivity index (χ4v) is 3.52. The van der Waals surface area contributed by atoms with E-state index in [2.05, 4.69) is 15.5 Å². The van der Waals surface area contributed by atoms with E-state index in [-0.39, 0.29) is 16.9 Å². The van der Waals surface area contributed by atoms with Crippen molar-refractivity contribution in [1.29, 1.82) is 0 Å². The summed E-state index contributed by atoms with van der Waals surface area (Å²) in [5.41, 5.74) is 3.70. The molecular weight excluding hydrogens is 456 g/mol. The van der Waals surface area contributed by atoms with E-state index in [0.29, 0.717) is 22.4 Å². The lowest BCUT2D eigenvalue weighted by atomic mass is 10.0. The van der Waals surface area contributed by atoms with E-state index in [1.807, 2.05) is 30.3 Å². The lowest BCUT2D eigenvalue weighted by Gasteiger charge is -2.11. The normalized spacial score (nSPS) is 11.3. The summed E-state index contributed by atoms with van der Waals surface area (Å²) in [6, 6.07) is 18.6. The number of nitrogens with one attached hydrogen (secondary N) is 1. The maximum absolute atomic E-state index is 11.6. The first kappa shape index (κ1) is 22.9. The summed E-state index contributed by atoms with van der Waals surface area (Å²) in [6.45, 7) is 1.63. The molecule has 12 nitrogen and oxygen atoms in total. The summed E-state index contributed by atoms with van der Waals surface area (Å²) in [4.78, 5) is 36.5. The van der Waals surface area contributed by atoms with Gasteiger partial charge in [0.15, 0.2) is 0 Å². The van der Waals surface area contributed by atoms with Crippen molar-refractivity contribution in [2.75, 3.05) is 5.43 Å². The van der Waals surface area contributed by atoms with E-state index >= 15 is 0 Å². The Morgan fingerprint density at radius 1 is 0.829 bits per heavy atom. The SMILES string of the molecule is CC(=NNc1ccc([N+](=O)[O-])cc1[N+](=O)[O-])c1cc(-c2ccccc2)nc2c([N+](=O)[O-])cccc12. The van der Waals surface area contributed by atoms with Gasteiger partial charge in [-0.25, -0.2) is 4.98 Å². The van der Waals surface area contributed by atoms with Crippen LogP contribution in [0.3, 0.4) is 0 Å². The summed E-state index contributed by atoms with van der Waals surface area (Å²) >= 11 is 0. The second kappa shape index (κ2) is 9.31. The maximum atomic E-state index is 11.6. The van der Waals surface area contributed by atoms with E-state index in [1.165, 1.54) is 18.2 Å². The Hall–Kier alpha value is -5.26. The molecule has 35 heavy (non-hydrogen) atoms. The topological polar surface area (TPSA) is 167 Å². The molecule has 12 heteroatoms. The van der Waals surface area contributed by atoms with Crippen molar-refractivity contribution in [3.63, 3.8) is 0 Å². The first-order chi connectivity index (χ1) is 16.8. The number of para-hydroxylation sites is 1. The number of pyridine rings is 1. The van der Waals surface area contributed by atoms with Crippen LogP contribution < -0.4 is 5.43 Å². The van der Waals surface area contributed by atoms with Crippen molar-refractivity contribution in [1.82, 2.24) is 4.98 Å². The molecule has 1 heterocycles. The van der Waals surface area contributed by atoms with Gasteiger partial charge in [-0.3, -0.25) is 35.8 Å². The van der Waals surface area contributed by atoms with Gasteiger partial charge < -0.3 is 0 Å². The van der Waals surface area contributed by atoms with Crippen LogP contribution in [0.25, 0.3) is 22.2 Å². The predicted octanol–water partition coefficient (Wildman–Crippen LogP) is 5.46. The minimum absolute atomic E-state index is 0.0485. The fraction of sp³-hybridized carbons (Fsp3) is 0.0435. The fourth-order valence-electron chi connectivity index (χ4n) is 3.52. The molecule has 4 aromatic rings. The van der Waals surface area contributed by atoms with E-state index in [1.54, 1.807) is 19.1 Å². The zero-order valence-corrected chi connectivity index (χ0v) is 18.1. The van der Waals surface area contributed by atoms with Gasteiger partial charge in [-0.15, -0.1) is 0 Å². The lowest BCUT2D eigenvalue weighted by Crippen LogP contribution is -2.05. The summed E-state index contributed by atoms with van der Waals surface area (Å²) in [7, 11) is 0. The molecule has 0 amide bonds. The van der Waals surface area contributed by atoms with Gasteiger partial charge in [0.25, 0.3) is 11.4 Å². The Morgan fingerprint density at radius 3 is 2.20 bits per heavy atom. The molecule has 0 aliphatic heterocycles. The quantitative estimate of drug-likeness (QED) is 0.210. The van der Waals surface area contributed by atoms with Gasteiger partial charge in [-0.1, -0.05) is 42.5 Å². The zero-order valence-electron chi connectivity index (χ0n) is 18.1. The van der Waals surface area contributed by atoms with E-state index in [4.69, 9.17) is 0 Å². The van der Waals surface area contributed by atoms with Gasteiger partial charge in [0.05, 0.1) is 32.2 Å². The lowest BCUT2D eigenvalue weighted by molar-refractivity contribution is -0.393. The largest absolute Gasteiger partial charge is 0.301 e. The van der Waals surface area contributed by atoms with Crippen molar-refractivity contribution in [2.45, 2.75) is 6.92 Å². The van der Waals surface area contributed by atoms with Crippen molar-refractivity contribution in [3.8, 4) is 11.3 Å². The molecule has 0 atom stereocenters. The number of hydrazone groups is 1. The molecule has 0 fully saturated rings. The van der Waals surface area contributed by atoms with Crippen LogP contribution in [0.15, 0.2) is 77.9 Å². The first-order valence-electron chi connectivity index (χ1n) is 10.1. The second-order valence-electron chi connectivity index (χ2n) is 7.38. The molecule has 0 spiro atoms. The Balaban J connectivity index is 1.85. The first-order valence-corrected chi connectivity index (χ1v) is 10.1. The molecule has 3 aromatic carbocycles. The van der Waals surface area contributed by atoms with Crippen LogP contribution in [0.5, 0.6) is 0 Å². The van der Waals surface area contributed by atoms with Crippen LogP contribution in [-0.2, 0) is 0 Å². The Morgan fingerprint density at radius 2 is 1.54 bits per heavy atom. The standard InChI is InChI=1S/C23H16N6O6/c1-14(25-26-19-11-10-16(27(30)31)12-22(19)29(34)35)18-13-20(15-6-3-2-4-7-15)24-23-17(18)8-5-9-21(23)28(32)33/h2-13,26H,1H3. The third-order valence-corrected chi connectivity index (χ3v) is 5.21. The minimum atomic E-state index is -0.751. The number of benzene rings is 3. The number of rotatable bonds is 7. The molecule has 0 saturated carbocycles. The predicted molar refractivity (Wildman–Crippen MR) is 129 cm³/mol. The van der Waals surface area contributed by atoms with Gasteiger partial charge in [0, 0.05) is 28.6 Å². The molecule has 0 unspecified atom stereocenters. The Bertz CT molecular complexity index is 1520. The van der Waals surface area contributed by atoms with Gasteiger partial charge in [-0.05, 0) is 19.1 Å². The highest BCUT2D eigenvalue weighted by atomic mass is 16.6. The summed E-state index contributed by atoms with van der Waals surface area (Å²) in [5.74, 6) is 0. The van der Waals surface area contributed by atoms with Crippen LogP contribution in [-0.4, -0.2) is 25.5 Å². The number of hydrogen-bond acceptors (Lipinski definition) is 9. The molecule has 0 saturated heterocycles. The average molecular weight is 472 g/mol. The van der Waals surface area contributed by atoms with Gasteiger partial charge >= 0.3 is 5.69 Å². The number of aromatic nitrogens is 1. The van der Waals surface area contributed by atoms with Crippen LogP contribution in [0.2, 0.25) is 0 Å². The number of nitro benzene ring substituents is 3. The second-order valence-corrected chi connectivity index (χ2v) is 7.38. The van der Waals surface area contributed by atoms with Crippen molar-refractivity contribution >= 4 is 39.4 Å². The molecule has 0 radical (unpaired) electrons. The summed E-state index contributed by atoms with van der Waals surface area (Å²) < 4.78 is 0. The van der Waals surface area contributed by atoms with Gasteiger partial charge in [-0.2, -0.15) is 5.10 Å².